The Bertz CT molecular complexity index is 540. The zero-order valence-electron chi connectivity index (χ0n) is 8.40. The van der Waals surface area contributed by atoms with Gasteiger partial charge in [0.25, 0.3) is 0 Å². The fourth-order valence-corrected chi connectivity index (χ4v) is 1.64. The highest BCUT2D eigenvalue weighted by molar-refractivity contribution is 6.29. The molecule has 3 nitrogen and oxygen atoms in total. The van der Waals surface area contributed by atoms with E-state index in [0.717, 1.165) is 5.39 Å². The SMILES string of the molecule is O=C(CCl)Nc1ccc(O)c2ccccc12. The van der Waals surface area contributed by atoms with E-state index in [9.17, 15) is 9.90 Å². The maximum absolute atomic E-state index is 11.2. The molecule has 0 aliphatic carbocycles. The zero-order chi connectivity index (χ0) is 11.5. The molecule has 16 heavy (non-hydrogen) atoms. The fourth-order valence-electron chi connectivity index (χ4n) is 1.58. The number of phenolic OH excluding ortho intramolecular Hbond substituents is 1. The number of rotatable bonds is 2. The summed E-state index contributed by atoms with van der Waals surface area (Å²) in [6.45, 7) is 0. The highest BCUT2D eigenvalue weighted by atomic mass is 35.5. The molecule has 2 N–H and O–H groups in total. The van der Waals surface area contributed by atoms with Gasteiger partial charge in [0.2, 0.25) is 5.91 Å². The first kappa shape index (κ1) is 10.8. The quantitative estimate of drug-likeness (QED) is 0.621. The van der Waals surface area contributed by atoms with E-state index in [-0.39, 0.29) is 17.5 Å². The Labute approximate surface area is 97.7 Å². The highest BCUT2D eigenvalue weighted by Gasteiger charge is 2.06. The summed E-state index contributed by atoms with van der Waals surface area (Å²) >= 11 is 5.42. The van der Waals surface area contributed by atoms with Gasteiger partial charge in [0, 0.05) is 16.5 Å². The van der Waals surface area contributed by atoms with E-state index < -0.39 is 0 Å². The van der Waals surface area contributed by atoms with Gasteiger partial charge in [-0.15, -0.1) is 11.6 Å². The Hall–Kier alpha value is -1.74. The molecule has 1 amide bonds. The highest BCUT2D eigenvalue weighted by Crippen LogP contribution is 2.30. The molecule has 2 rings (SSSR count). The summed E-state index contributed by atoms with van der Waals surface area (Å²) in [6.07, 6.45) is 0. The van der Waals surface area contributed by atoms with E-state index in [1.54, 1.807) is 18.2 Å². The molecular weight excluding hydrogens is 226 g/mol. The fraction of sp³-hybridized carbons (Fsp3) is 0.0833. The Morgan fingerprint density at radius 2 is 1.88 bits per heavy atom. The van der Waals surface area contributed by atoms with Gasteiger partial charge in [-0.2, -0.15) is 0 Å². The molecule has 2 aromatic rings. The topological polar surface area (TPSA) is 49.3 Å². The molecule has 82 valence electrons. The summed E-state index contributed by atoms with van der Waals surface area (Å²) in [7, 11) is 0. The van der Waals surface area contributed by atoms with Gasteiger partial charge in [-0.25, -0.2) is 0 Å². The predicted molar refractivity (Wildman–Crippen MR) is 65.0 cm³/mol. The summed E-state index contributed by atoms with van der Waals surface area (Å²) in [5.74, 6) is -0.160. The van der Waals surface area contributed by atoms with Gasteiger partial charge >= 0.3 is 0 Å². The summed E-state index contributed by atoms with van der Waals surface area (Å²) < 4.78 is 0. The maximum atomic E-state index is 11.2. The van der Waals surface area contributed by atoms with Crippen molar-refractivity contribution in [1.29, 1.82) is 0 Å². The summed E-state index contributed by atoms with van der Waals surface area (Å²) in [5, 5.41) is 13.8. The smallest absolute Gasteiger partial charge is 0.239 e. The molecule has 0 radical (unpaired) electrons. The van der Waals surface area contributed by atoms with E-state index in [4.69, 9.17) is 11.6 Å². The van der Waals surface area contributed by atoms with E-state index >= 15 is 0 Å². The number of anilines is 1. The van der Waals surface area contributed by atoms with Gasteiger partial charge in [-0.05, 0) is 12.1 Å². The van der Waals surface area contributed by atoms with E-state index in [2.05, 4.69) is 5.32 Å². The number of hydrogen-bond donors (Lipinski definition) is 2. The van der Waals surface area contributed by atoms with Crippen molar-refractivity contribution in [2.24, 2.45) is 0 Å². The summed E-state index contributed by atoms with van der Waals surface area (Å²) in [6, 6.07) is 10.5. The van der Waals surface area contributed by atoms with Crippen molar-refractivity contribution < 1.29 is 9.90 Å². The number of carbonyl (C=O) groups excluding carboxylic acids is 1. The van der Waals surface area contributed by atoms with E-state index in [1.807, 2.05) is 18.2 Å². The lowest BCUT2D eigenvalue weighted by Gasteiger charge is -2.08. The average Bonchev–Trinajstić information content (AvgIpc) is 2.33. The molecule has 0 bridgehead atoms. The van der Waals surface area contributed by atoms with Gasteiger partial charge in [-0.3, -0.25) is 4.79 Å². The number of fused-ring (bicyclic) bond motifs is 1. The Balaban J connectivity index is 2.54. The van der Waals surface area contributed by atoms with Gasteiger partial charge in [0.15, 0.2) is 0 Å². The van der Waals surface area contributed by atoms with Gasteiger partial charge in [0.05, 0.1) is 0 Å². The second-order valence-corrected chi connectivity index (χ2v) is 3.63. The first-order valence-electron chi connectivity index (χ1n) is 4.79. The van der Waals surface area contributed by atoms with Gasteiger partial charge in [0.1, 0.15) is 11.6 Å². The average molecular weight is 236 g/mol. The van der Waals surface area contributed by atoms with Crippen LogP contribution in [-0.2, 0) is 4.79 Å². The lowest BCUT2D eigenvalue weighted by molar-refractivity contribution is -0.113. The Morgan fingerprint density at radius 3 is 2.56 bits per heavy atom. The molecule has 0 aromatic heterocycles. The number of halogens is 1. The van der Waals surface area contributed by atoms with Crippen molar-refractivity contribution in [1.82, 2.24) is 0 Å². The number of benzene rings is 2. The van der Waals surface area contributed by atoms with Crippen LogP contribution in [0.5, 0.6) is 5.75 Å². The van der Waals surface area contributed by atoms with Crippen LogP contribution in [0.15, 0.2) is 36.4 Å². The summed E-state index contributed by atoms with van der Waals surface area (Å²) in [5.41, 5.74) is 0.652. The third-order valence-corrected chi connectivity index (χ3v) is 2.54. The molecule has 0 atom stereocenters. The maximum Gasteiger partial charge on any atom is 0.239 e. The molecule has 0 aliphatic rings. The second kappa shape index (κ2) is 4.41. The second-order valence-electron chi connectivity index (χ2n) is 3.36. The first-order chi connectivity index (χ1) is 7.72. The molecule has 0 unspecified atom stereocenters. The van der Waals surface area contributed by atoms with E-state index in [0.29, 0.717) is 11.1 Å². The van der Waals surface area contributed by atoms with Crippen molar-refractivity contribution in [2.75, 3.05) is 11.2 Å². The minimum atomic E-state index is -0.266. The van der Waals surface area contributed by atoms with Crippen LogP contribution in [0.1, 0.15) is 0 Å². The van der Waals surface area contributed by atoms with Crippen LogP contribution in [0.3, 0.4) is 0 Å². The van der Waals surface area contributed by atoms with Crippen LogP contribution < -0.4 is 5.32 Å². The van der Waals surface area contributed by atoms with Gasteiger partial charge < -0.3 is 10.4 Å². The Kier molecular flexibility index (Phi) is 2.97. The standard InChI is InChI=1S/C12H10ClNO2/c13-7-12(16)14-10-5-6-11(15)9-4-2-1-3-8(9)10/h1-6,15H,7H2,(H,14,16). The zero-order valence-corrected chi connectivity index (χ0v) is 9.16. The van der Waals surface area contributed by atoms with Crippen LogP contribution in [0, 0.1) is 0 Å². The van der Waals surface area contributed by atoms with Crippen molar-refractivity contribution in [3.63, 3.8) is 0 Å². The number of amides is 1. The minimum Gasteiger partial charge on any atom is -0.507 e. The largest absolute Gasteiger partial charge is 0.507 e. The van der Waals surface area contributed by atoms with Crippen LogP contribution in [0.25, 0.3) is 10.8 Å². The molecular formula is C12H10ClNO2. The lowest BCUT2D eigenvalue weighted by Crippen LogP contribution is -2.12. The van der Waals surface area contributed by atoms with Crippen LogP contribution >= 0.6 is 11.6 Å². The number of alkyl halides is 1. The molecule has 0 saturated carbocycles. The monoisotopic (exact) mass is 235 g/mol. The summed E-state index contributed by atoms with van der Waals surface area (Å²) in [4.78, 5) is 11.2. The molecule has 0 saturated heterocycles. The van der Waals surface area contributed by atoms with Crippen LogP contribution in [-0.4, -0.2) is 16.9 Å². The van der Waals surface area contributed by atoms with Crippen molar-refractivity contribution in [3.8, 4) is 5.75 Å². The number of nitrogens with one attached hydrogen (secondary N) is 1. The third kappa shape index (κ3) is 1.95. The number of hydrogen-bond acceptors (Lipinski definition) is 2. The molecule has 0 heterocycles. The Morgan fingerprint density at radius 1 is 1.19 bits per heavy atom. The van der Waals surface area contributed by atoms with E-state index in [1.165, 1.54) is 0 Å². The third-order valence-electron chi connectivity index (χ3n) is 2.30. The molecule has 2 aromatic carbocycles. The molecule has 0 aliphatic heterocycles. The predicted octanol–water partition coefficient (Wildman–Crippen LogP) is 2.72. The van der Waals surface area contributed by atoms with Crippen LogP contribution in [0.2, 0.25) is 0 Å². The number of carbonyl (C=O) groups is 1. The first-order valence-corrected chi connectivity index (χ1v) is 5.32. The van der Waals surface area contributed by atoms with Crippen molar-refractivity contribution in [3.05, 3.63) is 36.4 Å². The normalized spacial score (nSPS) is 10.3. The molecule has 0 spiro atoms. The molecule has 0 fully saturated rings. The lowest BCUT2D eigenvalue weighted by atomic mass is 10.1. The van der Waals surface area contributed by atoms with Crippen LogP contribution in [0.4, 0.5) is 5.69 Å². The molecule has 4 heteroatoms. The number of aromatic hydroxyl groups is 1. The van der Waals surface area contributed by atoms with Crippen molar-refractivity contribution in [2.45, 2.75) is 0 Å². The minimum absolute atomic E-state index is 0.0881. The van der Waals surface area contributed by atoms with Crippen molar-refractivity contribution >= 4 is 34.0 Å². The van der Waals surface area contributed by atoms with Gasteiger partial charge in [-0.1, -0.05) is 24.3 Å². The number of phenols is 1.